The minimum Gasteiger partial charge on any atom is -0.322 e. The van der Waals surface area contributed by atoms with Crippen LogP contribution >= 0.6 is 11.6 Å². The summed E-state index contributed by atoms with van der Waals surface area (Å²) in [5.74, 6) is -0.328. The molecule has 4 heteroatoms. The molecule has 0 aliphatic carbocycles. The number of amides is 1. The van der Waals surface area contributed by atoms with Gasteiger partial charge < -0.3 is 5.32 Å². The average molecular weight is 224 g/mol. The lowest BCUT2D eigenvalue weighted by Crippen LogP contribution is -2.22. The van der Waals surface area contributed by atoms with Crippen LogP contribution in [0, 0.1) is 0 Å². The van der Waals surface area contributed by atoms with E-state index in [9.17, 15) is 9.59 Å². The molecule has 0 heterocycles. The number of nitrogens with one attached hydrogen (secondary N) is 1. The van der Waals surface area contributed by atoms with E-state index in [1.54, 1.807) is 0 Å². The van der Waals surface area contributed by atoms with Gasteiger partial charge in [-0.05, 0) is 23.2 Å². The number of hydrogen-bond donors (Lipinski definition) is 1. The molecule has 0 atom stereocenters. The van der Waals surface area contributed by atoms with E-state index in [-0.39, 0.29) is 11.6 Å². The van der Waals surface area contributed by atoms with Crippen LogP contribution in [0.1, 0.15) is 12.5 Å². The predicted octanol–water partition coefficient (Wildman–Crippen LogP) is 1.93. The molecule has 0 saturated carbocycles. The SMILES string of the molecule is CC(=O)N/C(=C\c1ccccc1)C(=O)Cl. The lowest BCUT2D eigenvalue weighted by atomic mass is 10.2. The fraction of sp³-hybridized carbons (Fsp3) is 0.0909. The molecule has 1 N–H and O–H groups in total. The summed E-state index contributed by atoms with van der Waals surface area (Å²) in [6.45, 7) is 1.32. The second kappa shape index (κ2) is 5.32. The summed E-state index contributed by atoms with van der Waals surface area (Å²) < 4.78 is 0. The molecule has 3 nitrogen and oxygen atoms in total. The van der Waals surface area contributed by atoms with Gasteiger partial charge in [0.05, 0.1) is 0 Å². The Morgan fingerprint density at radius 3 is 2.33 bits per heavy atom. The molecule has 0 fully saturated rings. The van der Waals surface area contributed by atoms with Crippen molar-refractivity contribution in [2.24, 2.45) is 0 Å². The second-order valence-corrected chi connectivity index (χ2v) is 3.27. The number of halogens is 1. The van der Waals surface area contributed by atoms with Crippen LogP contribution in [0.3, 0.4) is 0 Å². The van der Waals surface area contributed by atoms with Gasteiger partial charge in [-0.2, -0.15) is 0 Å². The molecule has 78 valence electrons. The van der Waals surface area contributed by atoms with E-state index < -0.39 is 5.24 Å². The largest absolute Gasteiger partial charge is 0.322 e. The zero-order valence-electron chi connectivity index (χ0n) is 8.16. The summed E-state index contributed by atoms with van der Waals surface area (Å²) in [6, 6.07) is 9.13. The fourth-order valence-electron chi connectivity index (χ4n) is 1.05. The Kier molecular flexibility index (Phi) is 4.06. The Labute approximate surface area is 92.7 Å². The first-order chi connectivity index (χ1) is 7.09. The number of hydrogen-bond acceptors (Lipinski definition) is 2. The van der Waals surface area contributed by atoms with E-state index in [2.05, 4.69) is 5.32 Å². The highest BCUT2D eigenvalue weighted by atomic mass is 35.5. The van der Waals surface area contributed by atoms with Gasteiger partial charge in [-0.3, -0.25) is 9.59 Å². The molecular weight excluding hydrogens is 214 g/mol. The molecule has 1 amide bonds. The molecule has 1 aromatic rings. The van der Waals surface area contributed by atoms with Gasteiger partial charge in [0.1, 0.15) is 5.70 Å². The highest BCUT2D eigenvalue weighted by molar-refractivity contribution is 6.68. The quantitative estimate of drug-likeness (QED) is 0.629. The molecule has 0 bridgehead atoms. The molecule has 0 unspecified atom stereocenters. The van der Waals surface area contributed by atoms with Crippen molar-refractivity contribution in [3.05, 3.63) is 41.6 Å². The van der Waals surface area contributed by atoms with Crippen LogP contribution in [-0.4, -0.2) is 11.1 Å². The molecule has 0 aliphatic heterocycles. The minimum absolute atomic E-state index is 0.0790. The maximum atomic E-state index is 11.0. The molecular formula is C11H10ClNO2. The van der Waals surface area contributed by atoms with Gasteiger partial charge in [-0.15, -0.1) is 0 Å². The molecule has 0 aromatic heterocycles. The number of allylic oxidation sites excluding steroid dienone is 1. The average Bonchev–Trinajstić information content (AvgIpc) is 2.17. The summed E-state index contributed by atoms with van der Waals surface area (Å²) >= 11 is 5.32. The van der Waals surface area contributed by atoms with E-state index in [0.29, 0.717) is 0 Å². The molecule has 15 heavy (non-hydrogen) atoms. The summed E-state index contributed by atoms with van der Waals surface area (Å²) in [5, 5.41) is 1.68. The summed E-state index contributed by atoms with van der Waals surface area (Å²) in [7, 11) is 0. The van der Waals surface area contributed by atoms with Crippen LogP contribution in [0.4, 0.5) is 0 Å². The highest BCUT2D eigenvalue weighted by Gasteiger charge is 2.07. The second-order valence-electron chi connectivity index (χ2n) is 2.92. The van der Waals surface area contributed by atoms with Crippen LogP contribution in [-0.2, 0) is 9.59 Å². The normalized spacial score (nSPS) is 10.9. The number of carbonyl (C=O) groups excluding carboxylic acids is 2. The molecule has 1 aromatic carbocycles. The third-order valence-corrected chi connectivity index (χ3v) is 1.84. The van der Waals surface area contributed by atoms with Crippen molar-refractivity contribution in [2.75, 3.05) is 0 Å². The monoisotopic (exact) mass is 223 g/mol. The zero-order valence-corrected chi connectivity index (χ0v) is 8.91. The molecule has 1 rings (SSSR count). The van der Waals surface area contributed by atoms with E-state index in [1.807, 2.05) is 30.3 Å². The van der Waals surface area contributed by atoms with Crippen molar-refractivity contribution in [3.63, 3.8) is 0 Å². The van der Waals surface area contributed by atoms with E-state index in [1.165, 1.54) is 13.0 Å². The highest BCUT2D eigenvalue weighted by Crippen LogP contribution is 2.06. The summed E-state index contributed by atoms with van der Waals surface area (Å²) in [6.07, 6.45) is 1.52. The predicted molar refractivity (Wildman–Crippen MR) is 59.1 cm³/mol. The maximum absolute atomic E-state index is 11.0. The minimum atomic E-state index is -0.686. The lowest BCUT2D eigenvalue weighted by Gasteiger charge is -2.02. The van der Waals surface area contributed by atoms with Crippen molar-refractivity contribution in [1.82, 2.24) is 5.32 Å². The smallest absolute Gasteiger partial charge is 0.268 e. The molecule has 0 spiro atoms. The van der Waals surface area contributed by atoms with E-state index in [4.69, 9.17) is 11.6 Å². The third-order valence-electron chi connectivity index (χ3n) is 1.63. The van der Waals surface area contributed by atoms with Crippen LogP contribution in [0.25, 0.3) is 6.08 Å². The van der Waals surface area contributed by atoms with Crippen LogP contribution in [0.15, 0.2) is 36.0 Å². The number of benzene rings is 1. The first-order valence-electron chi connectivity index (χ1n) is 4.34. The molecule has 0 radical (unpaired) electrons. The Morgan fingerprint density at radius 2 is 1.87 bits per heavy atom. The van der Waals surface area contributed by atoms with E-state index >= 15 is 0 Å². The van der Waals surface area contributed by atoms with Crippen molar-refractivity contribution < 1.29 is 9.59 Å². The molecule has 0 aliphatic rings. The zero-order chi connectivity index (χ0) is 11.3. The fourth-order valence-corrected chi connectivity index (χ4v) is 1.15. The van der Waals surface area contributed by atoms with Crippen molar-refractivity contribution in [3.8, 4) is 0 Å². The van der Waals surface area contributed by atoms with Gasteiger partial charge in [0.25, 0.3) is 5.24 Å². The molecule has 0 saturated heterocycles. The Bertz CT molecular complexity index is 398. The number of rotatable bonds is 3. The van der Waals surface area contributed by atoms with Gasteiger partial charge in [0, 0.05) is 6.92 Å². The van der Waals surface area contributed by atoms with Crippen molar-refractivity contribution >= 4 is 28.8 Å². The van der Waals surface area contributed by atoms with E-state index in [0.717, 1.165) is 5.56 Å². The van der Waals surface area contributed by atoms with Crippen LogP contribution in [0.2, 0.25) is 0 Å². The Hall–Kier alpha value is -1.61. The van der Waals surface area contributed by atoms with Gasteiger partial charge in [0.2, 0.25) is 5.91 Å². The summed E-state index contributed by atoms with van der Waals surface area (Å²) in [4.78, 5) is 21.8. The maximum Gasteiger partial charge on any atom is 0.268 e. The van der Waals surface area contributed by atoms with Crippen molar-refractivity contribution in [2.45, 2.75) is 6.92 Å². The van der Waals surface area contributed by atoms with Crippen molar-refractivity contribution in [1.29, 1.82) is 0 Å². The van der Waals surface area contributed by atoms with Gasteiger partial charge in [0.15, 0.2) is 0 Å². The van der Waals surface area contributed by atoms with Gasteiger partial charge in [-0.25, -0.2) is 0 Å². The number of carbonyl (C=O) groups is 2. The first kappa shape index (κ1) is 11.5. The summed E-state index contributed by atoms with van der Waals surface area (Å²) in [5.41, 5.74) is 0.880. The Balaban J connectivity index is 2.94. The Morgan fingerprint density at radius 1 is 1.27 bits per heavy atom. The van der Waals surface area contributed by atoms with Crippen LogP contribution < -0.4 is 5.32 Å². The van der Waals surface area contributed by atoms with Gasteiger partial charge >= 0.3 is 0 Å². The first-order valence-corrected chi connectivity index (χ1v) is 4.71. The van der Waals surface area contributed by atoms with Gasteiger partial charge in [-0.1, -0.05) is 30.3 Å². The lowest BCUT2D eigenvalue weighted by molar-refractivity contribution is -0.119. The van der Waals surface area contributed by atoms with Crippen LogP contribution in [0.5, 0.6) is 0 Å². The standard InChI is InChI=1S/C11H10ClNO2/c1-8(14)13-10(11(12)15)7-9-5-3-2-4-6-9/h2-7H,1H3,(H,13,14)/b10-7-. The third kappa shape index (κ3) is 3.95. The topological polar surface area (TPSA) is 46.2 Å².